The number of nitrogens with one attached hydrogen (secondary N) is 1. The van der Waals surface area contributed by atoms with Crippen LogP contribution in [0.15, 0.2) is 54.7 Å². The van der Waals surface area contributed by atoms with Gasteiger partial charge in [-0.2, -0.15) is 0 Å². The highest BCUT2D eigenvalue weighted by Crippen LogP contribution is 2.47. The highest BCUT2D eigenvalue weighted by molar-refractivity contribution is 5.86. The van der Waals surface area contributed by atoms with Crippen LogP contribution in [-0.2, 0) is 17.6 Å². The molecule has 2 atom stereocenters. The average Bonchev–Trinajstić information content (AvgIpc) is 3.19. The van der Waals surface area contributed by atoms with Crippen molar-refractivity contribution >= 4 is 16.8 Å². The summed E-state index contributed by atoms with van der Waals surface area (Å²) >= 11 is 0. The SMILES string of the molecule is CC(Cc1c[nH]c2ccccc12)(C(N)=O)C1CCc2ccccc21. The third kappa shape index (κ3) is 2.23. The predicted octanol–water partition coefficient (Wildman–Crippen LogP) is 3.93. The van der Waals surface area contributed by atoms with Gasteiger partial charge < -0.3 is 10.7 Å². The number of aryl methyl sites for hydroxylation is 1. The van der Waals surface area contributed by atoms with E-state index in [1.807, 2.05) is 25.3 Å². The molecule has 2 aromatic carbocycles. The summed E-state index contributed by atoms with van der Waals surface area (Å²) in [6.45, 7) is 2.03. The van der Waals surface area contributed by atoms with Crippen molar-refractivity contribution in [2.75, 3.05) is 0 Å². The van der Waals surface area contributed by atoms with Crippen molar-refractivity contribution in [2.24, 2.45) is 11.1 Å². The lowest BCUT2D eigenvalue weighted by Gasteiger charge is -2.33. The molecule has 2 unspecified atom stereocenters. The van der Waals surface area contributed by atoms with Gasteiger partial charge in [0.2, 0.25) is 5.91 Å². The normalized spacial score (nSPS) is 19.1. The van der Waals surface area contributed by atoms with Gasteiger partial charge in [-0.1, -0.05) is 42.5 Å². The van der Waals surface area contributed by atoms with E-state index in [2.05, 4.69) is 41.4 Å². The van der Waals surface area contributed by atoms with E-state index in [0.717, 1.165) is 23.9 Å². The largest absolute Gasteiger partial charge is 0.369 e. The molecule has 0 spiro atoms. The summed E-state index contributed by atoms with van der Waals surface area (Å²) in [5.41, 5.74) is 10.2. The van der Waals surface area contributed by atoms with Crippen molar-refractivity contribution in [3.05, 3.63) is 71.4 Å². The van der Waals surface area contributed by atoms with Gasteiger partial charge in [0.15, 0.2) is 0 Å². The Morgan fingerprint density at radius 2 is 1.96 bits per heavy atom. The van der Waals surface area contributed by atoms with E-state index in [0.29, 0.717) is 6.42 Å². The Morgan fingerprint density at radius 3 is 2.79 bits per heavy atom. The molecule has 3 aromatic rings. The number of H-pyrrole nitrogens is 1. The maximum absolute atomic E-state index is 12.5. The summed E-state index contributed by atoms with van der Waals surface area (Å²) in [5.74, 6) is -0.0330. The molecule has 0 aliphatic heterocycles. The zero-order valence-electron chi connectivity index (χ0n) is 13.9. The van der Waals surface area contributed by atoms with Gasteiger partial charge in [0.1, 0.15) is 0 Å². The van der Waals surface area contributed by atoms with Crippen LogP contribution in [-0.4, -0.2) is 10.9 Å². The number of rotatable bonds is 4. The van der Waals surface area contributed by atoms with Crippen LogP contribution in [0.25, 0.3) is 10.9 Å². The van der Waals surface area contributed by atoms with E-state index in [1.54, 1.807) is 0 Å². The Kier molecular flexibility index (Phi) is 3.45. The number of nitrogens with two attached hydrogens (primary N) is 1. The van der Waals surface area contributed by atoms with Crippen molar-refractivity contribution in [1.29, 1.82) is 0 Å². The molecule has 24 heavy (non-hydrogen) atoms. The summed E-state index contributed by atoms with van der Waals surface area (Å²) in [5, 5.41) is 1.18. The van der Waals surface area contributed by atoms with Gasteiger partial charge >= 0.3 is 0 Å². The molecular formula is C21H22N2O. The summed E-state index contributed by atoms with van der Waals surface area (Å²) in [4.78, 5) is 15.8. The van der Waals surface area contributed by atoms with Crippen molar-refractivity contribution in [3.63, 3.8) is 0 Å². The molecule has 0 radical (unpaired) electrons. The van der Waals surface area contributed by atoms with Gasteiger partial charge in [0.25, 0.3) is 0 Å². The Labute approximate surface area is 141 Å². The molecule has 1 aromatic heterocycles. The molecule has 1 aliphatic carbocycles. The minimum atomic E-state index is -0.586. The number of carbonyl (C=O) groups is 1. The second-order valence-corrected chi connectivity index (χ2v) is 7.11. The third-order valence-electron chi connectivity index (χ3n) is 5.70. The molecule has 0 fully saturated rings. The number of primary amides is 1. The van der Waals surface area contributed by atoms with E-state index >= 15 is 0 Å². The first kappa shape index (κ1) is 15.0. The minimum absolute atomic E-state index is 0.180. The highest BCUT2D eigenvalue weighted by Gasteiger charge is 2.43. The summed E-state index contributed by atoms with van der Waals surface area (Å²) in [6, 6.07) is 16.7. The number of benzene rings is 2. The second kappa shape index (κ2) is 5.52. The van der Waals surface area contributed by atoms with E-state index in [1.165, 1.54) is 16.5 Å². The molecule has 122 valence electrons. The number of hydrogen-bond acceptors (Lipinski definition) is 1. The molecular weight excluding hydrogens is 296 g/mol. The van der Waals surface area contributed by atoms with Crippen LogP contribution in [0, 0.1) is 5.41 Å². The molecule has 4 rings (SSSR count). The zero-order valence-corrected chi connectivity index (χ0v) is 13.9. The number of aromatic nitrogens is 1. The second-order valence-electron chi connectivity index (χ2n) is 7.11. The van der Waals surface area contributed by atoms with Crippen LogP contribution in [0.5, 0.6) is 0 Å². The minimum Gasteiger partial charge on any atom is -0.369 e. The van der Waals surface area contributed by atoms with Crippen LogP contribution in [0.4, 0.5) is 0 Å². The zero-order chi connectivity index (χ0) is 16.7. The molecule has 3 heteroatoms. The van der Waals surface area contributed by atoms with Crippen LogP contribution in [0.1, 0.15) is 36.0 Å². The van der Waals surface area contributed by atoms with Crippen molar-refractivity contribution in [2.45, 2.75) is 32.1 Å². The van der Waals surface area contributed by atoms with Crippen LogP contribution >= 0.6 is 0 Å². The third-order valence-corrected chi connectivity index (χ3v) is 5.70. The first-order valence-electron chi connectivity index (χ1n) is 8.52. The van der Waals surface area contributed by atoms with Crippen molar-refractivity contribution < 1.29 is 4.79 Å². The molecule has 3 N–H and O–H groups in total. The smallest absolute Gasteiger partial charge is 0.224 e. The summed E-state index contributed by atoms with van der Waals surface area (Å²) < 4.78 is 0. The summed E-state index contributed by atoms with van der Waals surface area (Å²) in [7, 11) is 0. The Bertz CT molecular complexity index is 911. The molecule has 0 saturated heterocycles. The Hall–Kier alpha value is -2.55. The van der Waals surface area contributed by atoms with Gasteiger partial charge in [-0.15, -0.1) is 0 Å². The standard InChI is InChI=1S/C21H22N2O/c1-21(20(22)24,18-11-10-14-6-2-3-7-16(14)18)12-15-13-23-19-9-5-4-8-17(15)19/h2-9,13,18,23H,10-12H2,1H3,(H2,22,24). The molecule has 1 aliphatic rings. The molecule has 0 saturated carbocycles. The predicted molar refractivity (Wildman–Crippen MR) is 96.8 cm³/mol. The lowest BCUT2D eigenvalue weighted by molar-refractivity contribution is -0.128. The van der Waals surface area contributed by atoms with E-state index in [9.17, 15) is 4.79 Å². The first-order chi connectivity index (χ1) is 11.6. The number of carbonyl (C=O) groups excluding carboxylic acids is 1. The average molecular weight is 318 g/mol. The van der Waals surface area contributed by atoms with Gasteiger partial charge in [-0.05, 0) is 54.9 Å². The molecule has 1 amide bonds. The maximum atomic E-state index is 12.5. The van der Waals surface area contributed by atoms with E-state index in [-0.39, 0.29) is 11.8 Å². The first-order valence-corrected chi connectivity index (χ1v) is 8.52. The molecule has 3 nitrogen and oxygen atoms in total. The van der Waals surface area contributed by atoms with Crippen molar-refractivity contribution in [1.82, 2.24) is 4.98 Å². The fraction of sp³-hybridized carbons (Fsp3) is 0.286. The number of para-hydroxylation sites is 1. The number of fused-ring (bicyclic) bond motifs is 2. The molecule has 1 heterocycles. The Morgan fingerprint density at radius 1 is 1.21 bits per heavy atom. The number of amides is 1. The fourth-order valence-electron chi connectivity index (χ4n) is 4.27. The number of aromatic amines is 1. The van der Waals surface area contributed by atoms with Crippen LogP contribution in [0.2, 0.25) is 0 Å². The topological polar surface area (TPSA) is 58.9 Å². The Balaban J connectivity index is 1.76. The highest BCUT2D eigenvalue weighted by atomic mass is 16.1. The van der Waals surface area contributed by atoms with Crippen LogP contribution < -0.4 is 5.73 Å². The lowest BCUT2D eigenvalue weighted by atomic mass is 9.69. The lowest BCUT2D eigenvalue weighted by Crippen LogP contribution is -2.41. The van der Waals surface area contributed by atoms with E-state index < -0.39 is 5.41 Å². The quantitative estimate of drug-likeness (QED) is 0.752. The van der Waals surface area contributed by atoms with E-state index in [4.69, 9.17) is 5.73 Å². The van der Waals surface area contributed by atoms with Crippen molar-refractivity contribution in [3.8, 4) is 0 Å². The van der Waals surface area contributed by atoms with Gasteiger partial charge in [0, 0.05) is 17.1 Å². The van der Waals surface area contributed by atoms with Gasteiger partial charge in [0.05, 0.1) is 5.41 Å². The number of hydrogen-bond donors (Lipinski definition) is 2. The van der Waals surface area contributed by atoms with Gasteiger partial charge in [-0.25, -0.2) is 0 Å². The van der Waals surface area contributed by atoms with Gasteiger partial charge in [-0.3, -0.25) is 4.79 Å². The maximum Gasteiger partial charge on any atom is 0.224 e. The van der Waals surface area contributed by atoms with Crippen LogP contribution in [0.3, 0.4) is 0 Å². The molecule has 0 bridgehead atoms. The summed E-state index contributed by atoms with van der Waals surface area (Å²) in [6.07, 6.45) is 4.69. The monoisotopic (exact) mass is 318 g/mol. The fourth-order valence-corrected chi connectivity index (χ4v) is 4.27.